The zero-order chi connectivity index (χ0) is 21.6. The first-order valence-corrected chi connectivity index (χ1v) is 10.4. The molecule has 0 saturated carbocycles. The number of nitriles is 1. The van der Waals surface area contributed by atoms with E-state index in [9.17, 15) is 14.9 Å². The van der Waals surface area contributed by atoms with E-state index in [0.29, 0.717) is 11.3 Å². The van der Waals surface area contributed by atoms with Crippen molar-refractivity contribution in [3.05, 3.63) is 88.2 Å². The van der Waals surface area contributed by atoms with Gasteiger partial charge in [-0.2, -0.15) is 5.26 Å². The van der Waals surface area contributed by atoms with Crippen LogP contribution in [-0.4, -0.2) is 17.2 Å². The molecule has 3 N–H and O–H groups in total. The number of rotatable bonds is 4. The molecular weight excluding hydrogens is 388 g/mol. The topological polar surface area (TPSA) is 94.0 Å². The third kappa shape index (κ3) is 2.89. The Kier molecular flexibility index (Phi) is 4.49. The minimum atomic E-state index is -1.44. The Hall–Kier alpha value is -3.69. The first-order valence-electron chi connectivity index (χ1n) is 10.4. The number of nitrogens with zero attached hydrogens (tertiary/aromatic N) is 1. The summed E-state index contributed by atoms with van der Waals surface area (Å²) in [6.45, 7) is 1.94. The average Bonchev–Trinajstić information content (AvgIpc) is 3.13. The fraction of sp³-hybridized carbons (Fsp3) is 0.240. The molecule has 6 heteroatoms. The first kappa shape index (κ1) is 19.3. The second-order valence-corrected chi connectivity index (χ2v) is 8.20. The maximum atomic E-state index is 13.6. The molecular formula is C25H22N4O2. The van der Waals surface area contributed by atoms with Crippen LogP contribution < -0.4 is 16.2 Å². The lowest BCUT2D eigenvalue weighted by molar-refractivity contribution is -0.127. The molecule has 0 aromatic heterocycles. The Labute approximate surface area is 180 Å². The Morgan fingerprint density at radius 2 is 2.06 bits per heavy atom. The number of para-hydroxylation sites is 1. The van der Waals surface area contributed by atoms with E-state index in [4.69, 9.17) is 0 Å². The number of benzene rings is 1. The van der Waals surface area contributed by atoms with Crippen LogP contribution in [0.15, 0.2) is 88.2 Å². The maximum Gasteiger partial charge on any atom is 0.249 e. The van der Waals surface area contributed by atoms with Crippen molar-refractivity contribution in [1.82, 2.24) is 10.9 Å². The summed E-state index contributed by atoms with van der Waals surface area (Å²) >= 11 is 0. The summed E-state index contributed by atoms with van der Waals surface area (Å²) in [6.07, 6.45) is 11.1. The van der Waals surface area contributed by atoms with Crippen LogP contribution in [0.5, 0.6) is 0 Å². The summed E-state index contributed by atoms with van der Waals surface area (Å²) in [4.78, 5) is 26.4. The Morgan fingerprint density at radius 3 is 2.84 bits per heavy atom. The second kappa shape index (κ2) is 7.22. The molecule has 2 unspecified atom stereocenters. The zero-order valence-electron chi connectivity index (χ0n) is 17.2. The molecule has 0 radical (unpaired) electrons. The molecule has 4 aliphatic rings. The van der Waals surface area contributed by atoms with E-state index in [-0.39, 0.29) is 0 Å². The van der Waals surface area contributed by atoms with Crippen LogP contribution in [0.2, 0.25) is 0 Å². The monoisotopic (exact) mass is 410 g/mol. The number of hydrogen-bond donors (Lipinski definition) is 3. The average molecular weight is 410 g/mol. The molecule has 1 aromatic carbocycles. The van der Waals surface area contributed by atoms with E-state index in [2.05, 4.69) is 34.4 Å². The summed E-state index contributed by atoms with van der Waals surface area (Å²) in [5.41, 5.74) is 11.9. The number of nitrogens with one attached hydrogen (secondary N) is 3. The van der Waals surface area contributed by atoms with Gasteiger partial charge in [-0.25, -0.2) is 5.43 Å². The van der Waals surface area contributed by atoms with E-state index in [0.717, 1.165) is 41.7 Å². The predicted octanol–water partition coefficient (Wildman–Crippen LogP) is 3.37. The standard InChI is InChI=1S/C25H22N4O2/c1-15-12-20(23(30)19(14-26)24(31)27-17-9-5-3-6-10-17)25-13-16-8-4-2-7-11-18(16)21(25)22(15)28-29-25/h3-6,8-10,12-13,19,28-29H,2,7,11H2,1H3,(H,27,31). The molecule has 1 aliphatic heterocycles. The molecule has 2 atom stereocenters. The first-order chi connectivity index (χ1) is 15.0. The van der Waals surface area contributed by atoms with Gasteiger partial charge in [0.05, 0.1) is 11.8 Å². The molecule has 5 rings (SSSR count). The van der Waals surface area contributed by atoms with Gasteiger partial charge in [0.2, 0.25) is 5.91 Å². The number of hydrazine groups is 1. The highest BCUT2D eigenvalue weighted by Gasteiger charge is 2.54. The molecule has 1 saturated heterocycles. The van der Waals surface area contributed by atoms with Gasteiger partial charge in [0.1, 0.15) is 5.54 Å². The van der Waals surface area contributed by atoms with Gasteiger partial charge in [0.25, 0.3) is 0 Å². The predicted molar refractivity (Wildman–Crippen MR) is 117 cm³/mol. The largest absolute Gasteiger partial charge is 0.325 e. The SMILES string of the molecule is CC1=C2NNC3(C=C4C=CCCCC4=C23)C(C(=O)C(C#N)C(=O)Nc2ccccc2)=C1. The van der Waals surface area contributed by atoms with Crippen LogP contribution >= 0.6 is 0 Å². The van der Waals surface area contributed by atoms with Gasteiger partial charge in [-0.3, -0.25) is 9.59 Å². The Bertz CT molecular complexity index is 1190. The van der Waals surface area contributed by atoms with Crippen molar-refractivity contribution >= 4 is 17.4 Å². The number of amides is 1. The van der Waals surface area contributed by atoms with Crippen LogP contribution in [0.3, 0.4) is 0 Å². The van der Waals surface area contributed by atoms with E-state index < -0.39 is 23.1 Å². The van der Waals surface area contributed by atoms with Crippen LogP contribution in [0, 0.1) is 17.2 Å². The number of hydrogen-bond acceptors (Lipinski definition) is 5. The lowest BCUT2D eigenvalue weighted by Crippen LogP contribution is -2.48. The molecule has 1 heterocycles. The van der Waals surface area contributed by atoms with Crippen LogP contribution in [0.1, 0.15) is 26.2 Å². The fourth-order valence-corrected chi connectivity index (χ4v) is 4.84. The second-order valence-electron chi connectivity index (χ2n) is 8.20. The summed E-state index contributed by atoms with van der Waals surface area (Å²) < 4.78 is 0. The van der Waals surface area contributed by atoms with E-state index in [1.54, 1.807) is 30.3 Å². The number of ketones is 1. The normalized spacial score (nSPS) is 24.3. The third-order valence-electron chi connectivity index (χ3n) is 6.29. The lowest BCUT2D eigenvalue weighted by atomic mass is 9.74. The van der Waals surface area contributed by atoms with E-state index in [1.807, 2.05) is 19.1 Å². The molecule has 1 amide bonds. The van der Waals surface area contributed by atoms with Crippen molar-refractivity contribution in [1.29, 1.82) is 5.26 Å². The number of anilines is 1. The Balaban J connectivity index is 1.54. The van der Waals surface area contributed by atoms with Gasteiger partial charge in [-0.05, 0) is 67.2 Å². The number of allylic oxidation sites excluding steroid dienone is 6. The zero-order valence-corrected chi connectivity index (χ0v) is 17.2. The lowest BCUT2D eigenvalue weighted by Gasteiger charge is -2.30. The van der Waals surface area contributed by atoms with Crippen molar-refractivity contribution in [3.8, 4) is 6.07 Å². The van der Waals surface area contributed by atoms with Crippen LogP contribution in [0.4, 0.5) is 5.69 Å². The highest BCUT2D eigenvalue weighted by atomic mass is 16.2. The van der Waals surface area contributed by atoms with Gasteiger partial charge >= 0.3 is 0 Å². The summed E-state index contributed by atoms with van der Waals surface area (Å²) in [7, 11) is 0. The molecule has 3 aliphatic carbocycles. The maximum absolute atomic E-state index is 13.6. The smallest absolute Gasteiger partial charge is 0.249 e. The minimum Gasteiger partial charge on any atom is -0.325 e. The van der Waals surface area contributed by atoms with Crippen molar-refractivity contribution in [2.24, 2.45) is 5.92 Å². The van der Waals surface area contributed by atoms with Crippen molar-refractivity contribution in [2.75, 3.05) is 5.32 Å². The van der Waals surface area contributed by atoms with E-state index in [1.165, 1.54) is 5.57 Å². The highest BCUT2D eigenvalue weighted by molar-refractivity contribution is 6.17. The summed E-state index contributed by atoms with van der Waals surface area (Å²) in [6, 6.07) is 10.8. The van der Waals surface area contributed by atoms with Crippen LogP contribution in [0.25, 0.3) is 0 Å². The third-order valence-corrected chi connectivity index (χ3v) is 6.29. The Morgan fingerprint density at radius 1 is 1.26 bits per heavy atom. The molecule has 2 bridgehead atoms. The number of carbonyl (C=O) groups excluding carboxylic acids is 2. The van der Waals surface area contributed by atoms with Crippen molar-refractivity contribution in [2.45, 2.75) is 31.7 Å². The number of fused-ring (bicyclic) bond motifs is 1. The van der Waals surface area contributed by atoms with E-state index >= 15 is 0 Å². The molecule has 6 nitrogen and oxygen atoms in total. The molecule has 1 aromatic rings. The molecule has 31 heavy (non-hydrogen) atoms. The molecule has 154 valence electrons. The number of Topliss-reactive ketones (excluding diaryl/α,β-unsaturated/α-hetero) is 1. The highest BCUT2D eigenvalue weighted by Crippen LogP contribution is 2.51. The van der Waals surface area contributed by atoms with Gasteiger partial charge in [0.15, 0.2) is 11.7 Å². The van der Waals surface area contributed by atoms with Crippen molar-refractivity contribution < 1.29 is 9.59 Å². The van der Waals surface area contributed by atoms with Crippen LogP contribution in [-0.2, 0) is 9.59 Å². The minimum absolute atomic E-state index is 0.421. The van der Waals surface area contributed by atoms with Crippen molar-refractivity contribution in [3.63, 3.8) is 0 Å². The van der Waals surface area contributed by atoms with Gasteiger partial charge in [0, 0.05) is 16.8 Å². The number of carbonyl (C=O) groups is 2. The van der Waals surface area contributed by atoms with Gasteiger partial charge in [-0.15, -0.1) is 0 Å². The summed E-state index contributed by atoms with van der Waals surface area (Å²) in [5, 5.41) is 12.4. The van der Waals surface area contributed by atoms with Gasteiger partial charge < -0.3 is 10.7 Å². The quantitative estimate of drug-likeness (QED) is 0.662. The fourth-order valence-electron chi connectivity index (χ4n) is 4.84. The van der Waals surface area contributed by atoms with Gasteiger partial charge in [-0.1, -0.05) is 30.4 Å². The molecule has 0 spiro atoms. The summed E-state index contributed by atoms with van der Waals surface area (Å²) in [5.74, 6) is -2.55. The molecule has 1 fully saturated rings.